The fourth-order valence-electron chi connectivity index (χ4n) is 3.10. The van der Waals surface area contributed by atoms with Crippen LogP contribution in [0.1, 0.15) is 13.3 Å². The molecule has 3 atom stereocenters. The Kier molecular flexibility index (Phi) is 4.06. The summed E-state index contributed by atoms with van der Waals surface area (Å²) in [5, 5.41) is 19.6. The molecule has 0 bridgehead atoms. The highest BCUT2D eigenvalue weighted by atomic mass is 16.6. The molecule has 5 heteroatoms. The molecule has 0 amide bonds. The molecule has 2 heterocycles. The van der Waals surface area contributed by atoms with Crippen LogP contribution < -0.4 is 9.47 Å². The summed E-state index contributed by atoms with van der Waals surface area (Å²) >= 11 is 0. The van der Waals surface area contributed by atoms with Crippen LogP contribution in [0.25, 0.3) is 0 Å². The van der Waals surface area contributed by atoms with Gasteiger partial charge in [-0.05, 0) is 18.6 Å². The van der Waals surface area contributed by atoms with E-state index in [0.29, 0.717) is 19.6 Å². The third-order valence-electron chi connectivity index (χ3n) is 4.50. The molecule has 21 heavy (non-hydrogen) atoms. The summed E-state index contributed by atoms with van der Waals surface area (Å²) in [4.78, 5) is 2.24. The molecule has 5 nitrogen and oxygen atoms in total. The molecule has 1 fully saturated rings. The number of likely N-dealkylation sites (tertiary alicyclic amines) is 1. The SMILES string of the molecule is CC1(CO)CN(CC2COc3ccccc3O2)CCC1O. The second-order valence-electron chi connectivity index (χ2n) is 6.35. The number of hydrogen-bond donors (Lipinski definition) is 2. The maximum absolute atomic E-state index is 10.0. The average Bonchev–Trinajstić information content (AvgIpc) is 2.51. The van der Waals surface area contributed by atoms with Crippen molar-refractivity contribution in [2.24, 2.45) is 5.41 Å². The molecule has 1 saturated heterocycles. The Bertz CT molecular complexity index is 495. The lowest BCUT2D eigenvalue weighted by atomic mass is 9.80. The van der Waals surface area contributed by atoms with Gasteiger partial charge in [-0.1, -0.05) is 19.1 Å². The fourth-order valence-corrected chi connectivity index (χ4v) is 3.10. The molecule has 0 saturated carbocycles. The van der Waals surface area contributed by atoms with Crippen LogP contribution in [0, 0.1) is 5.41 Å². The minimum atomic E-state index is -0.453. The normalized spacial score (nSPS) is 32.9. The minimum absolute atomic E-state index is 0.00444. The summed E-state index contributed by atoms with van der Waals surface area (Å²) in [5.41, 5.74) is -0.453. The van der Waals surface area contributed by atoms with Crippen LogP contribution in [0.2, 0.25) is 0 Å². The zero-order valence-corrected chi connectivity index (χ0v) is 12.4. The smallest absolute Gasteiger partial charge is 0.161 e. The molecule has 0 spiro atoms. The van der Waals surface area contributed by atoms with Gasteiger partial charge in [0.15, 0.2) is 11.5 Å². The highest BCUT2D eigenvalue weighted by Crippen LogP contribution is 2.33. The molecule has 2 N–H and O–H groups in total. The van der Waals surface area contributed by atoms with Crippen molar-refractivity contribution in [3.8, 4) is 11.5 Å². The number of nitrogens with zero attached hydrogens (tertiary/aromatic N) is 1. The third kappa shape index (κ3) is 3.00. The number of ether oxygens (including phenoxy) is 2. The number of aliphatic hydroxyl groups is 2. The van der Waals surface area contributed by atoms with E-state index in [1.807, 2.05) is 31.2 Å². The van der Waals surface area contributed by atoms with Crippen LogP contribution >= 0.6 is 0 Å². The van der Waals surface area contributed by atoms with Crippen LogP contribution in [0.15, 0.2) is 24.3 Å². The standard InChI is InChI=1S/C16H23NO4/c1-16(11-18)10-17(7-6-15(16)19)8-12-9-20-13-4-2-3-5-14(13)21-12/h2-5,12,15,18-19H,6-11H2,1H3. The Labute approximate surface area is 125 Å². The first-order valence-electron chi connectivity index (χ1n) is 7.50. The number of hydrogen-bond acceptors (Lipinski definition) is 5. The Morgan fingerprint density at radius 3 is 2.86 bits per heavy atom. The van der Waals surface area contributed by atoms with Gasteiger partial charge in [-0.3, -0.25) is 4.90 Å². The summed E-state index contributed by atoms with van der Waals surface area (Å²) in [6.07, 6.45) is 0.224. The number of fused-ring (bicyclic) bond motifs is 1. The van der Waals surface area contributed by atoms with Gasteiger partial charge in [-0.2, -0.15) is 0 Å². The minimum Gasteiger partial charge on any atom is -0.486 e. The van der Waals surface area contributed by atoms with Crippen molar-refractivity contribution in [1.29, 1.82) is 0 Å². The van der Waals surface area contributed by atoms with Crippen molar-refractivity contribution in [2.75, 3.05) is 32.8 Å². The molecule has 2 aliphatic rings. The van der Waals surface area contributed by atoms with Crippen molar-refractivity contribution in [1.82, 2.24) is 4.90 Å². The van der Waals surface area contributed by atoms with E-state index in [4.69, 9.17) is 9.47 Å². The molecule has 0 aliphatic carbocycles. The van der Waals surface area contributed by atoms with Crippen LogP contribution in [-0.2, 0) is 0 Å². The van der Waals surface area contributed by atoms with E-state index in [1.54, 1.807) is 0 Å². The number of para-hydroxylation sites is 2. The molecule has 3 unspecified atom stereocenters. The zero-order valence-electron chi connectivity index (χ0n) is 12.4. The fraction of sp³-hybridized carbons (Fsp3) is 0.625. The Morgan fingerprint density at radius 1 is 1.33 bits per heavy atom. The first-order valence-corrected chi connectivity index (χ1v) is 7.50. The molecule has 1 aromatic carbocycles. The van der Waals surface area contributed by atoms with Crippen LogP contribution in [0.4, 0.5) is 0 Å². The van der Waals surface area contributed by atoms with Gasteiger partial charge in [0.05, 0.1) is 12.7 Å². The van der Waals surface area contributed by atoms with Gasteiger partial charge >= 0.3 is 0 Å². The summed E-state index contributed by atoms with van der Waals surface area (Å²) < 4.78 is 11.7. The van der Waals surface area contributed by atoms with Gasteiger partial charge in [0.2, 0.25) is 0 Å². The maximum atomic E-state index is 10.0. The molecule has 1 aromatic rings. The van der Waals surface area contributed by atoms with E-state index in [1.165, 1.54) is 0 Å². The highest BCUT2D eigenvalue weighted by molar-refractivity contribution is 5.40. The maximum Gasteiger partial charge on any atom is 0.161 e. The first kappa shape index (κ1) is 14.6. The molecule has 3 rings (SSSR count). The summed E-state index contributed by atoms with van der Waals surface area (Å²) in [6, 6.07) is 7.69. The lowest BCUT2D eigenvalue weighted by molar-refractivity contribution is -0.0730. The molecule has 2 aliphatic heterocycles. The quantitative estimate of drug-likeness (QED) is 0.867. The van der Waals surface area contributed by atoms with E-state index >= 15 is 0 Å². The molecule has 0 radical (unpaired) electrons. The number of piperidine rings is 1. The van der Waals surface area contributed by atoms with Gasteiger partial charge in [-0.25, -0.2) is 0 Å². The topological polar surface area (TPSA) is 62.2 Å². The van der Waals surface area contributed by atoms with Crippen molar-refractivity contribution in [2.45, 2.75) is 25.6 Å². The van der Waals surface area contributed by atoms with Gasteiger partial charge in [0, 0.05) is 25.0 Å². The third-order valence-corrected chi connectivity index (χ3v) is 4.50. The van der Waals surface area contributed by atoms with Crippen LogP contribution in [0.3, 0.4) is 0 Å². The lowest BCUT2D eigenvalue weighted by Gasteiger charge is -2.44. The first-order chi connectivity index (χ1) is 10.1. The van der Waals surface area contributed by atoms with Crippen molar-refractivity contribution >= 4 is 0 Å². The Morgan fingerprint density at radius 2 is 2.10 bits per heavy atom. The predicted molar refractivity (Wildman–Crippen MR) is 78.6 cm³/mol. The molecular weight excluding hydrogens is 270 g/mol. The average molecular weight is 293 g/mol. The Balaban J connectivity index is 1.61. The van der Waals surface area contributed by atoms with E-state index in [-0.39, 0.29) is 12.7 Å². The lowest BCUT2D eigenvalue weighted by Crippen LogP contribution is -2.54. The van der Waals surface area contributed by atoms with E-state index in [9.17, 15) is 10.2 Å². The zero-order chi connectivity index (χ0) is 14.9. The Hall–Kier alpha value is -1.30. The van der Waals surface area contributed by atoms with Crippen molar-refractivity contribution in [3.05, 3.63) is 24.3 Å². The molecule has 116 valence electrons. The van der Waals surface area contributed by atoms with Crippen LogP contribution in [-0.4, -0.2) is 60.2 Å². The van der Waals surface area contributed by atoms with E-state index in [2.05, 4.69) is 4.90 Å². The second-order valence-corrected chi connectivity index (χ2v) is 6.35. The van der Waals surface area contributed by atoms with Gasteiger partial charge in [-0.15, -0.1) is 0 Å². The molecular formula is C16H23NO4. The van der Waals surface area contributed by atoms with Gasteiger partial charge in [0.25, 0.3) is 0 Å². The number of aliphatic hydroxyl groups excluding tert-OH is 2. The summed E-state index contributed by atoms with van der Waals surface area (Å²) in [5.74, 6) is 1.58. The van der Waals surface area contributed by atoms with Crippen molar-refractivity contribution in [3.63, 3.8) is 0 Å². The van der Waals surface area contributed by atoms with E-state index in [0.717, 1.165) is 24.6 Å². The number of benzene rings is 1. The largest absolute Gasteiger partial charge is 0.486 e. The highest BCUT2D eigenvalue weighted by Gasteiger charge is 2.39. The van der Waals surface area contributed by atoms with Gasteiger partial charge < -0.3 is 19.7 Å². The van der Waals surface area contributed by atoms with Gasteiger partial charge in [0.1, 0.15) is 12.7 Å². The van der Waals surface area contributed by atoms with E-state index < -0.39 is 11.5 Å². The summed E-state index contributed by atoms with van der Waals surface area (Å²) in [7, 11) is 0. The second kappa shape index (κ2) is 5.83. The van der Waals surface area contributed by atoms with Crippen LogP contribution in [0.5, 0.6) is 11.5 Å². The monoisotopic (exact) mass is 293 g/mol. The molecule has 0 aromatic heterocycles. The predicted octanol–water partition coefficient (Wildman–Crippen LogP) is 0.892. The van der Waals surface area contributed by atoms with Crippen molar-refractivity contribution < 1.29 is 19.7 Å². The summed E-state index contributed by atoms with van der Waals surface area (Å²) in [6.45, 7) is 4.69. The number of rotatable bonds is 3.